The van der Waals surface area contributed by atoms with E-state index in [0.29, 0.717) is 18.4 Å². The van der Waals surface area contributed by atoms with Crippen molar-refractivity contribution in [3.63, 3.8) is 0 Å². The van der Waals surface area contributed by atoms with E-state index in [1.807, 2.05) is 0 Å². The highest BCUT2D eigenvalue weighted by molar-refractivity contribution is 5.84. The number of nitrogens with two attached hydrogens (primary N) is 1. The third-order valence-electron chi connectivity index (χ3n) is 4.86. The number of benzene rings is 1. The van der Waals surface area contributed by atoms with Crippen LogP contribution in [0.5, 0.6) is 0 Å². The first-order chi connectivity index (χ1) is 9.72. The van der Waals surface area contributed by atoms with E-state index in [1.165, 1.54) is 11.1 Å². The molecule has 1 saturated carbocycles. The number of hydrogen-bond donors (Lipinski definition) is 2. The average molecular weight is 272 g/mol. The van der Waals surface area contributed by atoms with Crippen LogP contribution in [0.4, 0.5) is 0 Å². The highest BCUT2D eigenvalue weighted by atomic mass is 16.2. The molecule has 0 radical (unpaired) electrons. The topological polar surface area (TPSA) is 55.1 Å². The van der Waals surface area contributed by atoms with Crippen molar-refractivity contribution in [1.82, 2.24) is 5.32 Å². The number of fused-ring (bicyclic) bond motifs is 3. The maximum absolute atomic E-state index is 12.4. The summed E-state index contributed by atoms with van der Waals surface area (Å²) in [6.45, 7) is 2.77. The van der Waals surface area contributed by atoms with E-state index in [0.717, 1.165) is 25.7 Å². The highest BCUT2D eigenvalue weighted by Crippen LogP contribution is 2.59. The van der Waals surface area contributed by atoms with Gasteiger partial charge in [-0.1, -0.05) is 24.3 Å². The quantitative estimate of drug-likeness (QED) is 0.863. The molecule has 0 saturated heterocycles. The second kappa shape index (κ2) is 5.57. The van der Waals surface area contributed by atoms with Gasteiger partial charge in [0.1, 0.15) is 0 Å². The van der Waals surface area contributed by atoms with Crippen molar-refractivity contribution < 1.29 is 4.79 Å². The van der Waals surface area contributed by atoms with Crippen LogP contribution in [-0.2, 0) is 11.2 Å². The van der Waals surface area contributed by atoms with E-state index in [4.69, 9.17) is 5.73 Å². The van der Waals surface area contributed by atoms with Gasteiger partial charge in [0.2, 0.25) is 5.91 Å². The molecule has 0 aliphatic heterocycles. The van der Waals surface area contributed by atoms with E-state index in [2.05, 4.69) is 36.5 Å². The minimum atomic E-state index is 0.207. The molecular formula is C17H24N2O. The Morgan fingerprint density at radius 2 is 2.25 bits per heavy atom. The molecule has 0 spiro atoms. The van der Waals surface area contributed by atoms with E-state index in [1.54, 1.807) is 0 Å². The molecule has 20 heavy (non-hydrogen) atoms. The third-order valence-corrected chi connectivity index (χ3v) is 4.86. The van der Waals surface area contributed by atoms with Crippen LogP contribution in [0.3, 0.4) is 0 Å². The fraction of sp³-hybridized carbons (Fsp3) is 0.588. The fourth-order valence-corrected chi connectivity index (χ4v) is 3.76. The molecule has 3 N–H and O–H groups in total. The number of nitrogens with one attached hydrogen (secondary N) is 1. The van der Waals surface area contributed by atoms with Crippen LogP contribution in [0.25, 0.3) is 0 Å². The number of hydrogen-bond acceptors (Lipinski definition) is 2. The van der Waals surface area contributed by atoms with Crippen LogP contribution in [0, 0.1) is 11.8 Å². The van der Waals surface area contributed by atoms with Gasteiger partial charge >= 0.3 is 0 Å². The van der Waals surface area contributed by atoms with Gasteiger partial charge in [0, 0.05) is 12.0 Å². The normalized spacial score (nSPS) is 28.2. The molecule has 1 amide bonds. The van der Waals surface area contributed by atoms with Crippen molar-refractivity contribution in [2.24, 2.45) is 17.6 Å². The Morgan fingerprint density at radius 3 is 3.05 bits per heavy atom. The monoisotopic (exact) mass is 272 g/mol. The molecule has 1 aromatic carbocycles. The number of rotatable bonds is 5. The zero-order valence-electron chi connectivity index (χ0n) is 12.1. The lowest BCUT2D eigenvalue weighted by molar-refractivity contribution is -0.123. The summed E-state index contributed by atoms with van der Waals surface area (Å²) in [7, 11) is 0. The Kier molecular flexibility index (Phi) is 3.79. The van der Waals surface area contributed by atoms with Crippen LogP contribution in [0.2, 0.25) is 0 Å². The Morgan fingerprint density at radius 1 is 1.45 bits per heavy atom. The van der Waals surface area contributed by atoms with Gasteiger partial charge in [0.05, 0.1) is 0 Å². The summed E-state index contributed by atoms with van der Waals surface area (Å²) >= 11 is 0. The molecule has 3 rings (SSSR count). The van der Waals surface area contributed by atoms with E-state index >= 15 is 0 Å². The molecule has 2 aliphatic rings. The molecule has 4 unspecified atom stereocenters. The van der Waals surface area contributed by atoms with Crippen molar-refractivity contribution in [1.29, 1.82) is 0 Å². The van der Waals surface area contributed by atoms with Crippen LogP contribution >= 0.6 is 0 Å². The molecule has 1 fully saturated rings. The van der Waals surface area contributed by atoms with Crippen molar-refractivity contribution in [2.75, 3.05) is 6.54 Å². The maximum Gasteiger partial charge on any atom is 0.224 e. The van der Waals surface area contributed by atoms with Crippen LogP contribution < -0.4 is 11.1 Å². The molecular weight excluding hydrogens is 248 g/mol. The average Bonchev–Trinajstić information content (AvgIpc) is 3.20. The summed E-state index contributed by atoms with van der Waals surface area (Å²) < 4.78 is 0. The van der Waals surface area contributed by atoms with Gasteiger partial charge in [0.15, 0.2) is 0 Å². The molecule has 2 aliphatic carbocycles. The predicted molar refractivity (Wildman–Crippen MR) is 80.4 cm³/mol. The smallest absolute Gasteiger partial charge is 0.224 e. The minimum Gasteiger partial charge on any atom is -0.353 e. The molecule has 4 atom stereocenters. The maximum atomic E-state index is 12.4. The van der Waals surface area contributed by atoms with Crippen LogP contribution in [-0.4, -0.2) is 18.5 Å². The van der Waals surface area contributed by atoms with E-state index in [9.17, 15) is 4.79 Å². The van der Waals surface area contributed by atoms with Gasteiger partial charge in [0.25, 0.3) is 0 Å². The summed E-state index contributed by atoms with van der Waals surface area (Å²) in [5.41, 5.74) is 8.38. The van der Waals surface area contributed by atoms with Crippen LogP contribution in [0.15, 0.2) is 24.3 Å². The van der Waals surface area contributed by atoms with Gasteiger partial charge in [-0.3, -0.25) is 4.79 Å². The second-order valence-corrected chi connectivity index (χ2v) is 6.29. The zero-order valence-corrected chi connectivity index (χ0v) is 12.1. The standard InChI is InChI=1S/C17H24N2O/c1-11(5-4-10-18)19-17(20)16-14-9-8-12-6-2-3-7-13(12)15(14)16/h2-3,6-7,11,14-16H,4-5,8-10,18H2,1H3,(H,19,20). The lowest BCUT2D eigenvalue weighted by Gasteiger charge is -2.13. The SMILES string of the molecule is CC(CCCN)NC(=O)C1C2CCc3ccccc3C21. The molecule has 0 heterocycles. The van der Waals surface area contributed by atoms with Crippen molar-refractivity contribution in [3.05, 3.63) is 35.4 Å². The first kappa shape index (κ1) is 13.6. The number of carbonyl (C=O) groups excluding carboxylic acids is 1. The van der Waals surface area contributed by atoms with Crippen LogP contribution in [0.1, 0.15) is 43.2 Å². The minimum absolute atomic E-state index is 0.207. The van der Waals surface area contributed by atoms with Gasteiger partial charge in [-0.15, -0.1) is 0 Å². The van der Waals surface area contributed by atoms with Crippen molar-refractivity contribution >= 4 is 5.91 Å². The summed E-state index contributed by atoms with van der Waals surface area (Å²) in [4.78, 5) is 12.4. The summed E-state index contributed by atoms with van der Waals surface area (Å²) in [5, 5.41) is 3.17. The number of carbonyl (C=O) groups is 1. The molecule has 3 heteroatoms. The molecule has 0 aromatic heterocycles. The van der Waals surface area contributed by atoms with E-state index < -0.39 is 0 Å². The van der Waals surface area contributed by atoms with Crippen molar-refractivity contribution in [2.45, 2.75) is 44.6 Å². The largest absolute Gasteiger partial charge is 0.353 e. The van der Waals surface area contributed by atoms with Crippen molar-refractivity contribution in [3.8, 4) is 0 Å². The van der Waals surface area contributed by atoms with Gasteiger partial charge in [-0.25, -0.2) is 0 Å². The lowest BCUT2D eigenvalue weighted by Crippen LogP contribution is -2.34. The zero-order chi connectivity index (χ0) is 14.1. The molecule has 108 valence electrons. The summed E-state index contributed by atoms with van der Waals surface area (Å²) in [6.07, 6.45) is 4.24. The number of aryl methyl sites for hydroxylation is 1. The first-order valence-corrected chi connectivity index (χ1v) is 7.80. The highest BCUT2D eigenvalue weighted by Gasteiger charge is 2.56. The Balaban J connectivity index is 1.62. The molecule has 3 nitrogen and oxygen atoms in total. The lowest BCUT2D eigenvalue weighted by atomic mass is 9.92. The van der Waals surface area contributed by atoms with Gasteiger partial charge < -0.3 is 11.1 Å². The molecule has 1 aromatic rings. The first-order valence-electron chi connectivity index (χ1n) is 7.80. The second-order valence-electron chi connectivity index (χ2n) is 6.29. The van der Waals surface area contributed by atoms with E-state index in [-0.39, 0.29) is 17.9 Å². The fourth-order valence-electron chi connectivity index (χ4n) is 3.76. The third kappa shape index (κ3) is 2.47. The molecule has 0 bridgehead atoms. The van der Waals surface area contributed by atoms with Gasteiger partial charge in [-0.2, -0.15) is 0 Å². The predicted octanol–water partition coefficient (Wildman–Crippen LogP) is 2.21. The van der Waals surface area contributed by atoms with Gasteiger partial charge in [-0.05, 0) is 62.1 Å². The summed E-state index contributed by atoms with van der Waals surface area (Å²) in [5.74, 6) is 1.51. The summed E-state index contributed by atoms with van der Waals surface area (Å²) in [6, 6.07) is 8.85. The Bertz CT molecular complexity index is 500. The number of amides is 1. The Labute approximate surface area is 120 Å². The Hall–Kier alpha value is -1.35.